The molecule has 2 nitrogen and oxygen atoms in total. The van der Waals surface area contributed by atoms with Crippen LogP contribution in [-0.4, -0.2) is 27.7 Å². The van der Waals surface area contributed by atoms with E-state index in [1.807, 2.05) is 30.3 Å². The Morgan fingerprint density at radius 1 is 1.07 bits per heavy atom. The fraction of sp³-hybridized carbons (Fsp3) is 0.333. The van der Waals surface area contributed by atoms with E-state index < -0.39 is 12.2 Å². The second-order valence-corrected chi connectivity index (χ2v) is 4.96. The highest BCUT2D eigenvalue weighted by Crippen LogP contribution is 2.31. The van der Waals surface area contributed by atoms with E-state index in [2.05, 4.69) is 0 Å². The molecule has 2 rings (SSSR count). The molecule has 0 aromatic heterocycles. The summed E-state index contributed by atoms with van der Waals surface area (Å²) in [5, 5.41) is 19.2. The van der Waals surface area contributed by atoms with Gasteiger partial charge in [-0.25, -0.2) is 0 Å². The van der Waals surface area contributed by atoms with Gasteiger partial charge in [-0.3, -0.25) is 0 Å². The summed E-state index contributed by atoms with van der Waals surface area (Å²) in [6.07, 6.45) is 3.06. The summed E-state index contributed by atoms with van der Waals surface area (Å²) in [5.74, 6) is 0. The van der Waals surface area contributed by atoms with E-state index >= 15 is 0 Å². The van der Waals surface area contributed by atoms with E-state index in [-0.39, 0.29) is 5.25 Å². The standard InChI is InChI=1S/C12H14O2S/c13-9-6-7-11(14)12(8-9)15-10-4-2-1-3-5-10/h1-7,9,11-14H,8H2/t9-,11-,12-/m1/s1. The molecule has 0 bridgehead atoms. The number of hydrogen-bond donors (Lipinski definition) is 2. The van der Waals surface area contributed by atoms with Gasteiger partial charge in [0.1, 0.15) is 0 Å². The molecule has 2 N–H and O–H groups in total. The minimum atomic E-state index is -0.460. The van der Waals surface area contributed by atoms with Crippen molar-refractivity contribution in [1.29, 1.82) is 0 Å². The second-order valence-electron chi connectivity index (χ2n) is 3.65. The van der Waals surface area contributed by atoms with Crippen LogP contribution in [0.4, 0.5) is 0 Å². The normalized spacial score (nSPS) is 30.4. The van der Waals surface area contributed by atoms with Gasteiger partial charge in [-0.2, -0.15) is 0 Å². The minimum absolute atomic E-state index is 0.0485. The van der Waals surface area contributed by atoms with E-state index in [0.717, 1.165) is 4.90 Å². The Kier molecular flexibility index (Phi) is 3.46. The van der Waals surface area contributed by atoms with E-state index in [9.17, 15) is 10.2 Å². The largest absolute Gasteiger partial charge is 0.389 e. The molecule has 0 heterocycles. The molecule has 1 aromatic rings. The SMILES string of the molecule is O[C@@H]1C=C[C@@H](O)[C@H](Sc2ccccc2)C1. The van der Waals surface area contributed by atoms with Crippen LogP contribution in [0.1, 0.15) is 6.42 Å². The number of thioether (sulfide) groups is 1. The lowest BCUT2D eigenvalue weighted by molar-refractivity contribution is 0.151. The van der Waals surface area contributed by atoms with E-state index in [0.29, 0.717) is 6.42 Å². The maximum atomic E-state index is 9.73. The van der Waals surface area contributed by atoms with Crippen molar-refractivity contribution < 1.29 is 10.2 Å². The topological polar surface area (TPSA) is 40.5 Å². The highest BCUT2D eigenvalue weighted by Gasteiger charge is 2.24. The average Bonchev–Trinajstić information content (AvgIpc) is 2.25. The van der Waals surface area contributed by atoms with Gasteiger partial charge in [-0.1, -0.05) is 30.4 Å². The Balaban J connectivity index is 2.03. The average molecular weight is 222 g/mol. The van der Waals surface area contributed by atoms with E-state index in [4.69, 9.17) is 0 Å². The van der Waals surface area contributed by atoms with E-state index in [1.165, 1.54) is 0 Å². The maximum absolute atomic E-state index is 9.73. The maximum Gasteiger partial charge on any atom is 0.0845 e. The number of aliphatic hydroxyl groups is 2. The zero-order chi connectivity index (χ0) is 10.7. The summed E-state index contributed by atoms with van der Waals surface area (Å²) >= 11 is 1.62. The zero-order valence-corrected chi connectivity index (χ0v) is 9.10. The molecular weight excluding hydrogens is 208 g/mol. The Bertz CT molecular complexity index is 337. The van der Waals surface area contributed by atoms with Crippen LogP contribution in [0.5, 0.6) is 0 Å². The van der Waals surface area contributed by atoms with Crippen LogP contribution in [0.15, 0.2) is 47.4 Å². The molecule has 3 atom stereocenters. The predicted octanol–water partition coefficient (Wildman–Crippen LogP) is 1.83. The molecule has 80 valence electrons. The zero-order valence-electron chi connectivity index (χ0n) is 8.28. The number of aliphatic hydroxyl groups excluding tert-OH is 2. The first-order chi connectivity index (χ1) is 7.25. The third-order valence-corrected chi connectivity index (χ3v) is 3.73. The van der Waals surface area contributed by atoms with Crippen molar-refractivity contribution in [1.82, 2.24) is 0 Å². The van der Waals surface area contributed by atoms with Crippen LogP contribution in [0, 0.1) is 0 Å². The molecular formula is C12H14O2S. The van der Waals surface area contributed by atoms with Crippen LogP contribution in [-0.2, 0) is 0 Å². The predicted molar refractivity (Wildman–Crippen MR) is 61.9 cm³/mol. The van der Waals surface area contributed by atoms with Crippen LogP contribution in [0.25, 0.3) is 0 Å². The molecule has 0 saturated carbocycles. The van der Waals surface area contributed by atoms with Gasteiger partial charge in [0.25, 0.3) is 0 Å². The van der Waals surface area contributed by atoms with Crippen LogP contribution < -0.4 is 0 Å². The van der Waals surface area contributed by atoms with Crippen molar-refractivity contribution in [3.63, 3.8) is 0 Å². The Morgan fingerprint density at radius 3 is 2.53 bits per heavy atom. The summed E-state index contributed by atoms with van der Waals surface area (Å²) in [4.78, 5) is 1.13. The van der Waals surface area contributed by atoms with Gasteiger partial charge >= 0.3 is 0 Å². The van der Waals surface area contributed by atoms with Gasteiger partial charge in [0.05, 0.1) is 12.2 Å². The molecule has 1 aliphatic rings. The van der Waals surface area contributed by atoms with Gasteiger partial charge < -0.3 is 10.2 Å². The summed E-state index contributed by atoms with van der Waals surface area (Å²) < 4.78 is 0. The lowest BCUT2D eigenvalue weighted by Gasteiger charge is -2.25. The third-order valence-electron chi connectivity index (χ3n) is 2.42. The van der Waals surface area contributed by atoms with Crippen molar-refractivity contribution in [3.8, 4) is 0 Å². The van der Waals surface area contributed by atoms with E-state index in [1.54, 1.807) is 23.9 Å². The molecule has 0 saturated heterocycles. The highest BCUT2D eigenvalue weighted by atomic mass is 32.2. The Hall–Kier alpha value is -0.770. The Morgan fingerprint density at radius 2 is 1.80 bits per heavy atom. The first-order valence-electron chi connectivity index (χ1n) is 5.02. The summed E-state index contributed by atoms with van der Waals surface area (Å²) in [7, 11) is 0. The minimum Gasteiger partial charge on any atom is -0.389 e. The number of hydrogen-bond acceptors (Lipinski definition) is 3. The molecule has 0 fully saturated rings. The fourth-order valence-electron chi connectivity index (χ4n) is 1.61. The van der Waals surface area contributed by atoms with Crippen molar-refractivity contribution >= 4 is 11.8 Å². The quantitative estimate of drug-likeness (QED) is 0.750. The summed E-state index contributed by atoms with van der Waals surface area (Å²) in [5.41, 5.74) is 0. The number of benzene rings is 1. The van der Waals surface area contributed by atoms with Crippen LogP contribution in [0.2, 0.25) is 0 Å². The van der Waals surface area contributed by atoms with Gasteiger partial charge in [0, 0.05) is 10.1 Å². The van der Waals surface area contributed by atoms with Crippen molar-refractivity contribution in [2.45, 2.75) is 28.8 Å². The van der Waals surface area contributed by atoms with Crippen LogP contribution in [0.3, 0.4) is 0 Å². The fourth-order valence-corrected chi connectivity index (χ4v) is 2.80. The molecule has 0 radical (unpaired) electrons. The second kappa shape index (κ2) is 4.84. The lowest BCUT2D eigenvalue weighted by atomic mass is 10.0. The van der Waals surface area contributed by atoms with Crippen molar-refractivity contribution in [2.24, 2.45) is 0 Å². The van der Waals surface area contributed by atoms with Crippen molar-refractivity contribution in [2.75, 3.05) is 0 Å². The van der Waals surface area contributed by atoms with Gasteiger partial charge in [-0.05, 0) is 18.6 Å². The molecule has 15 heavy (non-hydrogen) atoms. The molecule has 3 heteroatoms. The molecule has 0 unspecified atom stereocenters. The monoisotopic (exact) mass is 222 g/mol. The Labute approximate surface area is 93.6 Å². The first-order valence-corrected chi connectivity index (χ1v) is 5.90. The molecule has 1 aliphatic carbocycles. The van der Waals surface area contributed by atoms with Gasteiger partial charge in [0.15, 0.2) is 0 Å². The molecule has 1 aromatic carbocycles. The third kappa shape index (κ3) is 2.84. The smallest absolute Gasteiger partial charge is 0.0845 e. The lowest BCUT2D eigenvalue weighted by Crippen LogP contribution is -2.29. The van der Waals surface area contributed by atoms with Gasteiger partial charge in [0.2, 0.25) is 0 Å². The number of rotatable bonds is 2. The summed E-state index contributed by atoms with van der Waals surface area (Å²) in [6.45, 7) is 0. The van der Waals surface area contributed by atoms with Crippen molar-refractivity contribution in [3.05, 3.63) is 42.5 Å². The molecule has 0 spiro atoms. The summed E-state index contributed by atoms with van der Waals surface area (Å²) in [6, 6.07) is 9.95. The molecule has 0 aliphatic heterocycles. The van der Waals surface area contributed by atoms with Gasteiger partial charge in [-0.15, -0.1) is 11.8 Å². The first kappa shape index (κ1) is 10.7. The highest BCUT2D eigenvalue weighted by molar-refractivity contribution is 8.00. The van der Waals surface area contributed by atoms with Crippen LogP contribution >= 0.6 is 11.8 Å². The molecule has 0 amide bonds.